The van der Waals surface area contributed by atoms with Crippen LogP contribution in [0.2, 0.25) is 5.02 Å². The maximum atomic E-state index is 12.8. The molecule has 0 heterocycles. The maximum absolute atomic E-state index is 12.8. The lowest BCUT2D eigenvalue weighted by molar-refractivity contribution is -0.155. The fourth-order valence-electron chi connectivity index (χ4n) is 1.19. The Morgan fingerprint density at radius 1 is 1.38 bits per heavy atom. The van der Waals surface area contributed by atoms with Crippen molar-refractivity contribution in [1.29, 1.82) is 0 Å². The standard InChI is InChI=1S/C9H9ClF4N2/c10-7-2-1-6(11)3-5(7)4-8(16-15)9(12,13)14/h1-3,8,16H,4,15H2. The average Bonchev–Trinajstić information content (AvgIpc) is 2.17. The van der Waals surface area contributed by atoms with Crippen LogP contribution in [0, 0.1) is 5.82 Å². The molecule has 0 spiro atoms. The molecule has 0 aliphatic heterocycles. The summed E-state index contributed by atoms with van der Waals surface area (Å²) in [6.45, 7) is 0. The molecule has 16 heavy (non-hydrogen) atoms. The second-order valence-corrected chi connectivity index (χ2v) is 3.61. The van der Waals surface area contributed by atoms with Gasteiger partial charge in [-0.3, -0.25) is 5.84 Å². The van der Waals surface area contributed by atoms with E-state index in [-0.39, 0.29) is 10.6 Å². The van der Waals surface area contributed by atoms with Crippen molar-refractivity contribution in [3.63, 3.8) is 0 Å². The van der Waals surface area contributed by atoms with Crippen LogP contribution in [0.3, 0.4) is 0 Å². The van der Waals surface area contributed by atoms with Gasteiger partial charge in [0.25, 0.3) is 0 Å². The van der Waals surface area contributed by atoms with E-state index in [4.69, 9.17) is 17.4 Å². The highest BCUT2D eigenvalue weighted by molar-refractivity contribution is 6.31. The van der Waals surface area contributed by atoms with Gasteiger partial charge in [0.15, 0.2) is 0 Å². The third kappa shape index (κ3) is 3.33. The Labute approximate surface area is 94.4 Å². The highest BCUT2D eigenvalue weighted by Gasteiger charge is 2.39. The number of benzene rings is 1. The van der Waals surface area contributed by atoms with E-state index >= 15 is 0 Å². The molecule has 3 N–H and O–H groups in total. The molecule has 90 valence electrons. The van der Waals surface area contributed by atoms with Crippen molar-refractivity contribution in [3.05, 3.63) is 34.6 Å². The summed E-state index contributed by atoms with van der Waals surface area (Å²) in [6.07, 6.45) is -5.03. The molecule has 0 fully saturated rings. The summed E-state index contributed by atoms with van der Waals surface area (Å²) in [5.41, 5.74) is 1.69. The van der Waals surface area contributed by atoms with Crippen molar-refractivity contribution in [2.45, 2.75) is 18.6 Å². The van der Waals surface area contributed by atoms with Gasteiger partial charge in [-0.2, -0.15) is 13.2 Å². The van der Waals surface area contributed by atoms with Crippen LogP contribution in [0.15, 0.2) is 18.2 Å². The molecular weight excluding hydrogens is 248 g/mol. The van der Waals surface area contributed by atoms with Crippen LogP contribution < -0.4 is 11.3 Å². The SMILES string of the molecule is NNC(Cc1cc(F)ccc1Cl)C(F)(F)F. The summed E-state index contributed by atoms with van der Waals surface area (Å²) >= 11 is 5.64. The molecule has 0 aliphatic rings. The Morgan fingerprint density at radius 2 is 2.00 bits per heavy atom. The largest absolute Gasteiger partial charge is 0.405 e. The molecule has 0 aliphatic carbocycles. The van der Waals surface area contributed by atoms with Crippen molar-refractivity contribution >= 4 is 11.6 Å². The maximum Gasteiger partial charge on any atom is 0.405 e. The number of alkyl halides is 3. The van der Waals surface area contributed by atoms with Crippen molar-refractivity contribution in [3.8, 4) is 0 Å². The summed E-state index contributed by atoms with van der Waals surface area (Å²) < 4.78 is 49.9. The molecule has 0 saturated carbocycles. The van der Waals surface area contributed by atoms with Gasteiger partial charge < -0.3 is 0 Å². The summed E-state index contributed by atoms with van der Waals surface area (Å²) in [7, 11) is 0. The van der Waals surface area contributed by atoms with E-state index in [0.29, 0.717) is 0 Å². The van der Waals surface area contributed by atoms with Crippen molar-refractivity contribution in [1.82, 2.24) is 5.43 Å². The lowest BCUT2D eigenvalue weighted by Crippen LogP contribution is -2.47. The zero-order valence-corrected chi connectivity index (χ0v) is 8.74. The Hall–Kier alpha value is -0.850. The van der Waals surface area contributed by atoms with Gasteiger partial charge in [-0.05, 0) is 30.2 Å². The van der Waals surface area contributed by atoms with Gasteiger partial charge in [-0.25, -0.2) is 9.82 Å². The normalized spacial score (nSPS) is 13.9. The molecule has 1 aromatic carbocycles. The Morgan fingerprint density at radius 3 is 2.50 bits per heavy atom. The molecule has 7 heteroatoms. The molecular formula is C9H9ClF4N2. The third-order valence-corrected chi connectivity index (χ3v) is 2.40. The van der Waals surface area contributed by atoms with Crippen LogP contribution in [0.1, 0.15) is 5.56 Å². The average molecular weight is 257 g/mol. The van der Waals surface area contributed by atoms with Gasteiger partial charge in [-0.1, -0.05) is 11.6 Å². The monoisotopic (exact) mass is 256 g/mol. The van der Waals surface area contributed by atoms with Crippen LogP contribution in [0.4, 0.5) is 17.6 Å². The van der Waals surface area contributed by atoms with E-state index in [1.165, 1.54) is 6.07 Å². The van der Waals surface area contributed by atoms with E-state index in [1.807, 2.05) is 0 Å². The van der Waals surface area contributed by atoms with Crippen LogP contribution in [0.5, 0.6) is 0 Å². The van der Waals surface area contributed by atoms with Gasteiger partial charge in [0.1, 0.15) is 11.9 Å². The fourth-order valence-corrected chi connectivity index (χ4v) is 1.38. The first-order valence-corrected chi connectivity index (χ1v) is 4.69. The summed E-state index contributed by atoms with van der Waals surface area (Å²) in [6, 6.07) is 1.28. The van der Waals surface area contributed by atoms with Crippen molar-refractivity contribution in [2.75, 3.05) is 0 Å². The van der Waals surface area contributed by atoms with E-state index in [0.717, 1.165) is 12.1 Å². The van der Waals surface area contributed by atoms with Gasteiger partial charge in [0.05, 0.1) is 0 Å². The molecule has 1 aromatic rings. The minimum absolute atomic E-state index is 0.0574. The number of rotatable bonds is 3. The first-order valence-electron chi connectivity index (χ1n) is 4.31. The quantitative estimate of drug-likeness (QED) is 0.495. The smallest absolute Gasteiger partial charge is 0.271 e. The van der Waals surface area contributed by atoms with Gasteiger partial charge in [0.2, 0.25) is 0 Å². The summed E-state index contributed by atoms with van der Waals surface area (Å²) in [4.78, 5) is 0. The van der Waals surface area contributed by atoms with Crippen molar-refractivity contribution < 1.29 is 17.6 Å². The predicted octanol–water partition coefficient (Wildman–Crippen LogP) is 2.42. The Balaban J connectivity index is 2.90. The molecule has 0 amide bonds. The molecule has 0 saturated heterocycles. The minimum atomic E-state index is -4.51. The molecule has 1 unspecified atom stereocenters. The van der Waals surface area contributed by atoms with E-state index in [1.54, 1.807) is 5.43 Å². The molecule has 2 nitrogen and oxygen atoms in total. The highest BCUT2D eigenvalue weighted by atomic mass is 35.5. The van der Waals surface area contributed by atoms with Crippen molar-refractivity contribution in [2.24, 2.45) is 5.84 Å². The lowest BCUT2D eigenvalue weighted by Gasteiger charge is -2.19. The molecule has 0 aromatic heterocycles. The number of halogens is 5. The van der Waals surface area contributed by atoms with E-state index < -0.39 is 24.5 Å². The second-order valence-electron chi connectivity index (χ2n) is 3.20. The van der Waals surface area contributed by atoms with Crippen LogP contribution in [0.25, 0.3) is 0 Å². The zero-order valence-electron chi connectivity index (χ0n) is 7.98. The van der Waals surface area contributed by atoms with Gasteiger partial charge in [-0.15, -0.1) is 0 Å². The second kappa shape index (κ2) is 4.99. The topological polar surface area (TPSA) is 38.0 Å². The molecule has 1 rings (SSSR count). The first kappa shape index (κ1) is 13.2. The number of hydrogen-bond acceptors (Lipinski definition) is 2. The fraction of sp³-hybridized carbons (Fsp3) is 0.333. The lowest BCUT2D eigenvalue weighted by atomic mass is 10.1. The molecule has 0 bridgehead atoms. The number of hydrazine groups is 1. The van der Waals surface area contributed by atoms with Crippen LogP contribution in [-0.2, 0) is 6.42 Å². The molecule has 0 radical (unpaired) electrons. The number of hydrogen-bond donors (Lipinski definition) is 2. The third-order valence-electron chi connectivity index (χ3n) is 2.03. The minimum Gasteiger partial charge on any atom is -0.271 e. The Bertz CT molecular complexity index is 367. The van der Waals surface area contributed by atoms with Crippen LogP contribution in [-0.4, -0.2) is 12.2 Å². The Kier molecular flexibility index (Phi) is 4.12. The van der Waals surface area contributed by atoms with Gasteiger partial charge in [0, 0.05) is 5.02 Å². The number of nitrogens with one attached hydrogen (secondary N) is 1. The highest BCUT2D eigenvalue weighted by Crippen LogP contribution is 2.26. The molecule has 1 atom stereocenters. The predicted molar refractivity (Wildman–Crippen MR) is 52.3 cm³/mol. The van der Waals surface area contributed by atoms with E-state index in [9.17, 15) is 17.6 Å². The van der Waals surface area contributed by atoms with E-state index in [2.05, 4.69) is 0 Å². The summed E-state index contributed by atoms with van der Waals surface area (Å²) in [5, 5.41) is 0.0749. The van der Waals surface area contributed by atoms with Crippen LogP contribution >= 0.6 is 11.6 Å². The van der Waals surface area contributed by atoms with Gasteiger partial charge >= 0.3 is 6.18 Å². The first-order chi connectivity index (χ1) is 7.34. The summed E-state index contributed by atoms with van der Waals surface area (Å²) in [5.74, 6) is 4.15. The zero-order chi connectivity index (χ0) is 12.3. The number of nitrogens with two attached hydrogens (primary N) is 1.